The number of nitrogens with one attached hydrogen (secondary N) is 1. The van der Waals surface area contributed by atoms with Crippen LogP contribution in [0.15, 0.2) is 18.2 Å². The lowest BCUT2D eigenvalue weighted by molar-refractivity contribution is -0.00989. The van der Waals surface area contributed by atoms with Crippen molar-refractivity contribution in [3.05, 3.63) is 29.6 Å². The van der Waals surface area contributed by atoms with Gasteiger partial charge in [-0.15, -0.1) is 0 Å². The van der Waals surface area contributed by atoms with Gasteiger partial charge in [0.1, 0.15) is 0 Å². The molecule has 0 unspecified atom stereocenters. The lowest BCUT2D eigenvalue weighted by atomic mass is 10.0. The number of urea groups is 1. The van der Waals surface area contributed by atoms with E-state index in [2.05, 4.69) is 10.3 Å². The highest BCUT2D eigenvalue weighted by Crippen LogP contribution is 2.38. The Kier molecular flexibility index (Phi) is 4.44. The van der Waals surface area contributed by atoms with E-state index in [9.17, 15) is 4.79 Å². The summed E-state index contributed by atoms with van der Waals surface area (Å²) >= 11 is 0. The minimum Gasteiger partial charge on any atom is -0.378 e. The molecule has 0 radical (unpaired) electrons. The topological polar surface area (TPSA) is 54.5 Å². The number of aryl methyl sites for hydroxylation is 1. The number of nitrogens with zero attached hydrogens (tertiary/aromatic N) is 2. The molecule has 1 N–H and O–H groups in total. The summed E-state index contributed by atoms with van der Waals surface area (Å²) in [6.45, 7) is 3.60. The minimum absolute atomic E-state index is 0.0715. The van der Waals surface area contributed by atoms with Gasteiger partial charge in [-0.25, -0.2) is 4.79 Å². The molecular formula is C19H27N3O2. The highest BCUT2D eigenvalue weighted by molar-refractivity contribution is 5.75. The van der Waals surface area contributed by atoms with Gasteiger partial charge >= 0.3 is 6.03 Å². The van der Waals surface area contributed by atoms with E-state index >= 15 is 0 Å². The Morgan fingerprint density at radius 1 is 1.29 bits per heavy atom. The van der Waals surface area contributed by atoms with Gasteiger partial charge in [-0.05, 0) is 63.5 Å². The first kappa shape index (κ1) is 15.9. The number of carbonyl (C=O) groups is 1. The SMILES string of the molecule is Cc1cccc([C@@H]2CCCN2C(=O)N[C@H]2CCO[C@H](C3CC3)C2)n1. The normalized spacial score (nSPS) is 30.4. The van der Waals surface area contributed by atoms with Gasteiger partial charge < -0.3 is 15.0 Å². The third-order valence-corrected chi connectivity index (χ3v) is 5.56. The van der Waals surface area contributed by atoms with E-state index in [-0.39, 0.29) is 18.1 Å². The summed E-state index contributed by atoms with van der Waals surface area (Å²) < 4.78 is 5.87. The molecular weight excluding hydrogens is 302 g/mol. The van der Waals surface area contributed by atoms with Gasteiger partial charge in [-0.2, -0.15) is 0 Å². The van der Waals surface area contributed by atoms with Crippen molar-refractivity contribution in [1.29, 1.82) is 0 Å². The van der Waals surface area contributed by atoms with Crippen molar-refractivity contribution in [3.8, 4) is 0 Å². The summed E-state index contributed by atoms with van der Waals surface area (Å²) in [5.41, 5.74) is 2.03. The minimum atomic E-state index is 0.0715. The summed E-state index contributed by atoms with van der Waals surface area (Å²) in [4.78, 5) is 19.4. The molecule has 1 aromatic rings. The molecule has 0 bridgehead atoms. The second kappa shape index (κ2) is 6.71. The summed E-state index contributed by atoms with van der Waals surface area (Å²) in [5.74, 6) is 0.737. The molecule has 0 aromatic carbocycles. The molecule has 3 aliphatic rings. The maximum absolute atomic E-state index is 12.8. The molecule has 2 saturated heterocycles. The van der Waals surface area contributed by atoms with Crippen LogP contribution in [0.1, 0.15) is 56.0 Å². The van der Waals surface area contributed by atoms with E-state index in [0.717, 1.165) is 56.1 Å². The van der Waals surface area contributed by atoms with Crippen LogP contribution in [0.2, 0.25) is 0 Å². The van der Waals surface area contributed by atoms with E-state index in [1.807, 2.05) is 30.0 Å². The average Bonchev–Trinajstić information content (AvgIpc) is 3.31. The Labute approximate surface area is 143 Å². The second-order valence-electron chi connectivity index (χ2n) is 7.47. The maximum Gasteiger partial charge on any atom is 0.318 e. The number of carbonyl (C=O) groups excluding carboxylic acids is 1. The van der Waals surface area contributed by atoms with Gasteiger partial charge in [0.05, 0.1) is 17.8 Å². The molecule has 3 heterocycles. The number of likely N-dealkylation sites (tertiary alicyclic amines) is 1. The van der Waals surface area contributed by atoms with Crippen LogP contribution >= 0.6 is 0 Å². The van der Waals surface area contributed by atoms with E-state index in [1.165, 1.54) is 12.8 Å². The largest absolute Gasteiger partial charge is 0.378 e. The molecule has 2 amide bonds. The summed E-state index contributed by atoms with van der Waals surface area (Å²) in [5, 5.41) is 3.27. The number of hydrogen-bond donors (Lipinski definition) is 1. The number of pyridine rings is 1. The molecule has 4 rings (SSSR count). The lowest BCUT2D eigenvalue weighted by Crippen LogP contribution is -2.48. The second-order valence-corrected chi connectivity index (χ2v) is 7.47. The number of rotatable bonds is 3. The monoisotopic (exact) mass is 329 g/mol. The van der Waals surface area contributed by atoms with Crippen molar-refractivity contribution < 1.29 is 9.53 Å². The lowest BCUT2D eigenvalue weighted by Gasteiger charge is -2.33. The number of ether oxygens (including phenoxy) is 1. The fourth-order valence-electron chi connectivity index (χ4n) is 4.08. The zero-order chi connectivity index (χ0) is 16.5. The summed E-state index contributed by atoms with van der Waals surface area (Å²) in [6, 6.07) is 6.52. The predicted molar refractivity (Wildman–Crippen MR) is 91.7 cm³/mol. The molecule has 1 aliphatic carbocycles. The van der Waals surface area contributed by atoms with Gasteiger partial charge in [0.2, 0.25) is 0 Å². The molecule has 3 atom stereocenters. The van der Waals surface area contributed by atoms with Crippen LogP contribution in [-0.2, 0) is 4.74 Å². The van der Waals surface area contributed by atoms with Crippen molar-refractivity contribution in [1.82, 2.24) is 15.2 Å². The number of hydrogen-bond acceptors (Lipinski definition) is 3. The average molecular weight is 329 g/mol. The molecule has 5 nitrogen and oxygen atoms in total. The van der Waals surface area contributed by atoms with Crippen LogP contribution in [0, 0.1) is 12.8 Å². The quantitative estimate of drug-likeness (QED) is 0.926. The third-order valence-electron chi connectivity index (χ3n) is 5.56. The van der Waals surface area contributed by atoms with Crippen molar-refractivity contribution in [2.45, 2.75) is 63.6 Å². The van der Waals surface area contributed by atoms with Crippen molar-refractivity contribution >= 4 is 6.03 Å². The Morgan fingerprint density at radius 3 is 2.96 bits per heavy atom. The van der Waals surface area contributed by atoms with Gasteiger partial charge in [0, 0.05) is 24.9 Å². The van der Waals surface area contributed by atoms with Crippen LogP contribution in [0.4, 0.5) is 4.79 Å². The molecule has 5 heteroatoms. The molecule has 1 aromatic heterocycles. The fourth-order valence-corrected chi connectivity index (χ4v) is 4.08. The molecule has 1 saturated carbocycles. The van der Waals surface area contributed by atoms with E-state index in [0.29, 0.717) is 6.10 Å². The number of amides is 2. The first-order chi connectivity index (χ1) is 11.7. The van der Waals surface area contributed by atoms with Crippen LogP contribution in [0.5, 0.6) is 0 Å². The molecule has 24 heavy (non-hydrogen) atoms. The third kappa shape index (κ3) is 3.41. The first-order valence-electron chi connectivity index (χ1n) is 9.33. The summed E-state index contributed by atoms with van der Waals surface area (Å²) in [7, 11) is 0. The smallest absolute Gasteiger partial charge is 0.318 e. The molecule has 2 aliphatic heterocycles. The molecule has 3 fully saturated rings. The summed E-state index contributed by atoms with van der Waals surface area (Å²) in [6.07, 6.45) is 6.89. The van der Waals surface area contributed by atoms with Crippen LogP contribution in [-0.4, -0.2) is 41.2 Å². The highest BCUT2D eigenvalue weighted by atomic mass is 16.5. The van der Waals surface area contributed by atoms with Gasteiger partial charge in [-0.1, -0.05) is 6.07 Å². The predicted octanol–water partition coefficient (Wildman–Crippen LogP) is 3.19. The van der Waals surface area contributed by atoms with E-state index in [1.54, 1.807) is 0 Å². The zero-order valence-corrected chi connectivity index (χ0v) is 14.4. The Balaban J connectivity index is 1.39. The van der Waals surface area contributed by atoms with Crippen LogP contribution < -0.4 is 5.32 Å². The standard InChI is InChI=1S/C19H27N3O2/c1-13-4-2-5-16(20-13)17-6-3-10-22(17)19(23)21-15-9-11-24-18(12-15)14-7-8-14/h2,4-5,14-15,17-18H,3,6-12H2,1H3,(H,21,23)/t15-,17-,18-/m0/s1. The number of aromatic nitrogens is 1. The Bertz CT molecular complexity index is 602. The molecule has 0 spiro atoms. The van der Waals surface area contributed by atoms with Gasteiger partial charge in [0.15, 0.2) is 0 Å². The van der Waals surface area contributed by atoms with Crippen molar-refractivity contribution in [2.75, 3.05) is 13.2 Å². The Hall–Kier alpha value is -1.62. The van der Waals surface area contributed by atoms with Crippen molar-refractivity contribution in [2.24, 2.45) is 5.92 Å². The van der Waals surface area contributed by atoms with Crippen LogP contribution in [0.3, 0.4) is 0 Å². The van der Waals surface area contributed by atoms with Gasteiger partial charge in [-0.3, -0.25) is 4.98 Å². The van der Waals surface area contributed by atoms with E-state index < -0.39 is 0 Å². The fraction of sp³-hybridized carbons (Fsp3) is 0.684. The Morgan fingerprint density at radius 2 is 2.17 bits per heavy atom. The first-order valence-corrected chi connectivity index (χ1v) is 9.33. The zero-order valence-electron chi connectivity index (χ0n) is 14.4. The van der Waals surface area contributed by atoms with Gasteiger partial charge in [0.25, 0.3) is 0 Å². The van der Waals surface area contributed by atoms with E-state index in [4.69, 9.17) is 4.74 Å². The highest BCUT2D eigenvalue weighted by Gasteiger charge is 2.37. The van der Waals surface area contributed by atoms with Crippen molar-refractivity contribution in [3.63, 3.8) is 0 Å². The maximum atomic E-state index is 12.8. The van der Waals surface area contributed by atoms with Crippen LogP contribution in [0.25, 0.3) is 0 Å². The molecule has 130 valence electrons.